The van der Waals surface area contributed by atoms with Crippen LogP contribution in [0.15, 0.2) is 211 Å². The molecular weight excluding hydrogens is 717 g/mol. The normalized spacial score (nSPS) is 12.1. The van der Waals surface area contributed by atoms with Gasteiger partial charge in [0.25, 0.3) is 0 Å². The Labute approximate surface area is 339 Å². The van der Waals surface area contributed by atoms with Crippen molar-refractivity contribution in [1.82, 2.24) is 9.13 Å². The summed E-state index contributed by atoms with van der Waals surface area (Å²) in [7, 11) is 0. The van der Waals surface area contributed by atoms with Crippen molar-refractivity contribution in [1.29, 1.82) is 0 Å². The number of benzene rings is 10. The van der Waals surface area contributed by atoms with Gasteiger partial charge in [-0.1, -0.05) is 170 Å². The van der Waals surface area contributed by atoms with Crippen LogP contribution in [-0.4, -0.2) is 9.13 Å². The lowest BCUT2D eigenvalue weighted by Gasteiger charge is -2.16. The first-order chi connectivity index (χ1) is 29.3. The molecule has 274 valence electrons. The molecule has 0 N–H and O–H groups in total. The second-order valence-corrected chi connectivity index (χ2v) is 15.6. The molecule has 3 heteroatoms. The van der Waals surface area contributed by atoms with Crippen molar-refractivity contribution in [3.05, 3.63) is 206 Å². The van der Waals surface area contributed by atoms with Crippen molar-refractivity contribution >= 4 is 87.1 Å². The van der Waals surface area contributed by atoms with Crippen molar-refractivity contribution in [3.8, 4) is 33.6 Å². The zero-order chi connectivity index (χ0) is 38.6. The van der Waals surface area contributed by atoms with E-state index in [-0.39, 0.29) is 0 Å². The molecule has 3 heterocycles. The summed E-state index contributed by atoms with van der Waals surface area (Å²) in [5, 5.41) is 11.7. The Balaban J connectivity index is 1.32. The highest BCUT2D eigenvalue weighted by Gasteiger charge is 2.25. The lowest BCUT2D eigenvalue weighted by atomic mass is 9.91. The van der Waals surface area contributed by atoms with Crippen LogP contribution in [-0.2, 0) is 0 Å². The molecule has 0 fully saturated rings. The van der Waals surface area contributed by atoms with Crippen molar-refractivity contribution in [2.75, 3.05) is 0 Å². The molecule has 0 aliphatic rings. The third-order valence-corrected chi connectivity index (χ3v) is 12.5. The average molecular weight is 751 g/mol. The number of hydrogen-bond acceptors (Lipinski definition) is 1. The fourth-order valence-electron chi connectivity index (χ4n) is 10.0. The zero-order valence-electron chi connectivity index (χ0n) is 31.9. The van der Waals surface area contributed by atoms with Gasteiger partial charge in [-0.25, -0.2) is 0 Å². The van der Waals surface area contributed by atoms with Crippen molar-refractivity contribution in [3.63, 3.8) is 0 Å². The van der Waals surface area contributed by atoms with Crippen LogP contribution in [0.3, 0.4) is 0 Å². The SMILES string of the molecule is c1ccc(-c2cc(-n3c4ccccc4c4ccccc43)c3oc4c(-n5c6ccccc6c6ccccc65)cc(-c5ccccc5)c5cccc(c6cccc2c36)c54)cc1. The largest absolute Gasteiger partial charge is 0.452 e. The molecule has 3 aromatic heterocycles. The van der Waals surface area contributed by atoms with Gasteiger partial charge in [-0.3, -0.25) is 0 Å². The smallest absolute Gasteiger partial charge is 0.160 e. The highest BCUT2D eigenvalue weighted by Crippen LogP contribution is 2.48. The highest BCUT2D eigenvalue weighted by atomic mass is 16.3. The van der Waals surface area contributed by atoms with Gasteiger partial charge in [0.05, 0.1) is 33.4 Å². The van der Waals surface area contributed by atoms with Gasteiger partial charge in [0.15, 0.2) is 11.2 Å². The van der Waals surface area contributed by atoms with Gasteiger partial charge in [0.1, 0.15) is 0 Å². The summed E-state index contributed by atoms with van der Waals surface area (Å²) in [6.07, 6.45) is 0. The van der Waals surface area contributed by atoms with Gasteiger partial charge in [-0.2, -0.15) is 0 Å². The number of aromatic nitrogens is 2. The maximum atomic E-state index is 7.89. The van der Waals surface area contributed by atoms with Gasteiger partial charge in [-0.05, 0) is 80.2 Å². The maximum Gasteiger partial charge on any atom is 0.160 e. The molecule has 0 radical (unpaired) electrons. The average Bonchev–Trinajstić information content (AvgIpc) is 3.77. The summed E-state index contributed by atoms with van der Waals surface area (Å²) >= 11 is 0. The minimum atomic E-state index is 0.841. The van der Waals surface area contributed by atoms with E-state index in [0.717, 1.165) is 99.2 Å². The van der Waals surface area contributed by atoms with E-state index in [1.807, 2.05) is 0 Å². The van der Waals surface area contributed by atoms with Crippen LogP contribution in [0.2, 0.25) is 0 Å². The quantitative estimate of drug-likeness (QED) is 0.176. The standard InChI is InChI=1S/C56H34N2O/c1-3-17-35(18-4-1)45-33-51(57-47-29-11-7-21-37(47)38-22-8-12-30-48(38)57)55-53-41(25-15-27-43(45)53)42-26-16-28-44-46(36-19-5-2-6-20-36)34-52(56(59-55)54(42)44)58-49-31-13-9-23-39(49)40-24-10-14-32-50(40)58/h1-34H. The summed E-state index contributed by atoms with van der Waals surface area (Å²) in [5.74, 6) is 0. The summed E-state index contributed by atoms with van der Waals surface area (Å²) in [6, 6.07) is 74.9. The zero-order valence-corrected chi connectivity index (χ0v) is 31.9. The molecule has 0 unspecified atom stereocenters. The second-order valence-electron chi connectivity index (χ2n) is 15.6. The lowest BCUT2D eigenvalue weighted by molar-refractivity contribution is 0.659. The number of fused-ring (bicyclic) bond motifs is 7. The Morgan fingerprint density at radius 2 is 0.576 bits per heavy atom. The van der Waals surface area contributed by atoms with Crippen LogP contribution < -0.4 is 0 Å². The first-order valence-corrected chi connectivity index (χ1v) is 20.3. The van der Waals surface area contributed by atoms with Crippen molar-refractivity contribution in [2.24, 2.45) is 0 Å². The topological polar surface area (TPSA) is 23.0 Å². The molecule has 0 amide bonds. The van der Waals surface area contributed by atoms with Crippen LogP contribution in [0.1, 0.15) is 0 Å². The Morgan fingerprint density at radius 3 is 0.949 bits per heavy atom. The summed E-state index contributed by atoms with van der Waals surface area (Å²) in [6.45, 7) is 0. The molecule has 0 saturated heterocycles. The molecular formula is C56H34N2O. The van der Waals surface area contributed by atoms with Crippen molar-refractivity contribution < 1.29 is 4.42 Å². The first kappa shape index (κ1) is 32.2. The number of hydrogen-bond donors (Lipinski definition) is 0. The van der Waals surface area contributed by atoms with Crippen LogP contribution in [0.4, 0.5) is 0 Å². The Morgan fingerprint density at radius 1 is 0.271 bits per heavy atom. The molecule has 0 saturated carbocycles. The summed E-state index contributed by atoms with van der Waals surface area (Å²) in [5.41, 5.74) is 12.9. The third kappa shape index (κ3) is 4.53. The van der Waals surface area contributed by atoms with E-state index < -0.39 is 0 Å². The minimum absolute atomic E-state index is 0.841. The van der Waals surface area contributed by atoms with E-state index >= 15 is 0 Å². The molecule has 10 aromatic carbocycles. The molecule has 0 bridgehead atoms. The molecule has 0 aliphatic carbocycles. The predicted octanol–water partition coefficient (Wildman–Crippen LogP) is 15.4. The predicted molar refractivity (Wildman–Crippen MR) is 248 cm³/mol. The van der Waals surface area contributed by atoms with E-state index in [4.69, 9.17) is 4.42 Å². The van der Waals surface area contributed by atoms with Crippen LogP contribution in [0, 0.1) is 0 Å². The van der Waals surface area contributed by atoms with Gasteiger partial charge in [-0.15, -0.1) is 0 Å². The molecule has 0 spiro atoms. The summed E-state index contributed by atoms with van der Waals surface area (Å²) < 4.78 is 12.7. The number of para-hydroxylation sites is 4. The first-order valence-electron chi connectivity index (χ1n) is 20.3. The van der Waals surface area contributed by atoms with E-state index in [0.29, 0.717) is 0 Å². The molecule has 59 heavy (non-hydrogen) atoms. The fourth-order valence-corrected chi connectivity index (χ4v) is 10.0. The molecule has 13 rings (SSSR count). The maximum absolute atomic E-state index is 7.89. The highest BCUT2D eigenvalue weighted by molar-refractivity contribution is 6.29. The minimum Gasteiger partial charge on any atom is -0.452 e. The van der Waals surface area contributed by atoms with Gasteiger partial charge < -0.3 is 13.6 Å². The second kappa shape index (κ2) is 12.3. The van der Waals surface area contributed by atoms with Crippen LogP contribution in [0.5, 0.6) is 0 Å². The molecule has 0 aliphatic heterocycles. The molecule has 13 aromatic rings. The Kier molecular flexibility index (Phi) is 6.72. The lowest BCUT2D eigenvalue weighted by Crippen LogP contribution is -1.98. The monoisotopic (exact) mass is 750 g/mol. The fraction of sp³-hybridized carbons (Fsp3) is 0. The third-order valence-electron chi connectivity index (χ3n) is 12.5. The van der Waals surface area contributed by atoms with Crippen LogP contribution >= 0.6 is 0 Å². The Bertz CT molecular complexity index is 3470. The Hall–Kier alpha value is -7.88. The summed E-state index contributed by atoms with van der Waals surface area (Å²) in [4.78, 5) is 0. The van der Waals surface area contributed by atoms with E-state index in [2.05, 4.69) is 215 Å². The molecule has 0 atom stereocenters. The van der Waals surface area contributed by atoms with E-state index in [1.165, 1.54) is 21.5 Å². The van der Waals surface area contributed by atoms with Gasteiger partial charge in [0, 0.05) is 32.3 Å². The van der Waals surface area contributed by atoms with Gasteiger partial charge >= 0.3 is 0 Å². The van der Waals surface area contributed by atoms with E-state index in [1.54, 1.807) is 0 Å². The van der Waals surface area contributed by atoms with Crippen molar-refractivity contribution in [2.45, 2.75) is 0 Å². The van der Waals surface area contributed by atoms with E-state index in [9.17, 15) is 0 Å². The van der Waals surface area contributed by atoms with Gasteiger partial charge in [0.2, 0.25) is 0 Å². The van der Waals surface area contributed by atoms with Crippen LogP contribution in [0.25, 0.3) is 121 Å². The molecule has 3 nitrogen and oxygen atoms in total. The number of nitrogens with zero attached hydrogens (tertiary/aromatic N) is 2. The number of rotatable bonds is 4.